The van der Waals surface area contributed by atoms with Gasteiger partial charge < -0.3 is 20.3 Å². The zero-order chi connectivity index (χ0) is 44.5. The molecule has 0 aliphatic rings. The van der Waals surface area contributed by atoms with Gasteiger partial charge in [-0.25, -0.2) is 0 Å². The average molecular weight is 846 g/mol. The van der Waals surface area contributed by atoms with Crippen LogP contribution in [0.1, 0.15) is 201 Å². The standard InChI is InChI=1S/C55H91NO5/c1-4-7-10-13-16-19-22-24-26-28-29-32-35-38-41-44-47-53(58)52(50-57)56-54(59)49-51(46-43-40-37-34-31-21-18-15-12-9-6-3)61-55(60)48-45-42-39-36-33-30-27-25-23-20-17-14-11-8-5-2/h8-9,11-12,14-15,17-18,20-21,23,25,27,30-31,33-34,37,51-53,57-58H,4-7,10,13,16,19,22,24,26,28-29,32,35-36,38-50H2,1-3H3,(H,56,59)/b11-8+,12-9+,17-14+,18-15+,23-20-,27-25-,31-21-,33-30+,37-34-. The normalized spacial score (nSPS) is 14.2. The number of ether oxygens (including phenoxy) is 1. The van der Waals surface area contributed by atoms with Crippen molar-refractivity contribution >= 4 is 11.9 Å². The lowest BCUT2D eigenvalue weighted by atomic mass is 10.0. The average Bonchev–Trinajstić information content (AvgIpc) is 3.25. The third kappa shape index (κ3) is 43.0. The lowest BCUT2D eigenvalue weighted by molar-refractivity contribution is -0.151. The zero-order valence-electron chi connectivity index (χ0n) is 39.2. The van der Waals surface area contributed by atoms with E-state index in [-0.39, 0.29) is 24.9 Å². The van der Waals surface area contributed by atoms with E-state index in [0.29, 0.717) is 19.3 Å². The third-order valence-electron chi connectivity index (χ3n) is 10.6. The van der Waals surface area contributed by atoms with Crippen molar-refractivity contribution in [3.8, 4) is 0 Å². The molecular formula is C55H91NO5. The Labute approximate surface area is 375 Å². The third-order valence-corrected chi connectivity index (χ3v) is 10.6. The molecule has 0 spiro atoms. The van der Waals surface area contributed by atoms with Gasteiger partial charge in [0.1, 0.15) is 6.10 Å². The Balaban J connectivity index is 4.67. The van der Waals surface area contributed by atoms with E-state index in [1.165, 1.54) is 83.5 Å². The fourth-order valence-corrected chi connectivity index (χ4v) is 6.88. The Morgan fingerprint density at radius 1 is 0.492 bits per heavy atom. The van der Waals surface area contributed by atoms with Crippen molar-refractivity contribution in [3.05, 3.63) is 109 Å². The van der Waals surface area contributed by atoms with Crippen LogP contribution in [0.15, 0.2) is 109 Å². The van der Waals surface area contributed by atoms with Crippen LogP contribution in [-0.4, -0.2) is 46.9 Å². The topological polar surface area (TPSA) is 95.9 Å². The molecule has 0 fully saturated rings. The molecule has 0 radical (unpaired) electrons. The summed E-state index contributed by atoms with van der Waals surface area (Å²) < 4.78 is 5.86. The number of hydrogen-bond acceptors (Lipinski definition) is 5. The molecule has 3 unspecified atom stereocenters. The van der Waals surface area contributed by atoms with Crippen molar-refractivity contribution < 1.29 is 24.5 Å². The highest BCUT2D eigenvalue weighted by Gasteiger charge is 2.24. The number of unbranched alkanes of at least 4 members (excludes halogenated alkanes) is 19. The number of carbonyl (C=O) groups excluding carboxylic acids is 2. The smallest absolute Gasteiger partial charge is 0.306 e. The molecule has 0 bridgehead atoms. The van der Waals surface area contributed by atoms with Crippen LogP contribution in [0.3, 0.4) is 0 Å². The molecule has 1 amide bonds. The molecule has 0 aromatic heterocycles. The molecule has 0 saturated heterocycles. The van der Waals surface area contributed by atoms with E-state index in [2.05, 4.69) is 50.4 Å². The van der Waals surface area contributed by atoms with Crippen molar-refractivity contribution in [2.24, 2.45) is 0 Å². The number of rotatable bonds is 42. The van der Waals surface area contributed by atoms with Crippen LogP contribution < -0.4 is 5.32 Å². The van der Waals surface area contributed by atoms with Gasteiger partial charge in [0.25, 0.3) is 0 Å². The lowest BCUT2D eigenvalue weighted by Crippen LogP contribution is -2.46. The van der Waals surface area contributed by atoms with Crippen LogP contribution in [0.2, 0.25) is 0 Å². The van der Waals surface area contributed by atoms with Gasteiger partial charge in [0.15, 0.2) is 0 Å². The Morgan fingerprint density at radius 2 is 0.902 bits per heavy atom. The minimum Gasteiger partial charge on any atom is -0.462 e. The predicted octanol–water partition coefficient (Wildman–Crippen LogP) is 14.7. The maximum Gasteiger partial charge on any atom is 0.306 e. The molecule has 3 atom stereocenters. The largest absolute Gasteiger partial charge is 0.462 e. The maximum atomic E-state index is 13.2. The predicted molar refractivity (Wildman–Crippen MR) is 263 cm³/mol. The van der Waals surface area contributed by atoms with Crippen LogP contribution in [0.25, 0.3) is 0 Å². The first-order chi connectivity index (χ1) is 30.0. The van der Waals surface area contributed by atoms with Crippen LogP contribution in [0.4, 0.5) is 0 Å². The molecule has 0 rings (SSSR count). The molecule has 6 nitrogen and oxygen atoms in total. The maximum absolute atomic E-state index is 13.2. The second-order valence-electron chi connectivity index (χ2n) is 16.3. The first-order valence-corrected chi connectivity index (χ1v) is 24.7. The van der Waals surface area contributed by atoms with Gasteiger partial charge in [-0.05, 0) is 57.8 Å². The monoisotopic (exact) mass is 846 g/mol. The van der Waals surface area contributed by atoms with Crippen LogP contribution in [-0.2, 0) is 14.3 Å². The number of amides is 1. The van der Waals surface area contributed by atoms with Crippen LogP contribution >= 0.6 is 0 Å². The quantitative estimate of drug-likeness (QED) is 0.0323. The van der Waals surface area contributed by atoms with E-state index >= 15 is 0 Å². The van der Waals surface area contributed by atoms with Gasteiger partial charge in [-0.3, -0.25) is 9.59 Å². The van der Waals surface area contributed by atoms with E-state index in [1.54, 1.807) is 0 Å². The fourth-order valence-electron chi connectivity index (χ4n) is 6.88. The molecule has 0 aliphatic carbocycles. The zero-order valence-corrected chi connectivity index (χ0v) is 39.2. The SMILES string of the molecule is CC/C=C/C=C/C=C\C=C/C=C/CCCCCC(=O)OC(CCC\C=C/C=C\C=C\C=C\CC)CC(=O)NC(CO)C(O)CCCCCCCCCCCCCCCCCC. The Kier molecular flexibility index (Phi) is 44.9. The first-order valence-electron chi connectivity index (χ1n) is 24.7. The van der Waals surface area contributed by atoms with Gasteiger partial charge in [0, 0.05) is 6.42 Å². The van der Waals surface area contributed by atoms with E-state index in [4.69, 9.17) is 4.74 Å². The number of aliphatic hydroxyl groups is 2. The van der Waals surface area contributed by atoms with Gasteiger partial charge in [0.2, 0.25) is 5.91 Å². The second-order valence-corrected chi connectivity index (χ2v) is 16.3. The highest BCUT2D eigenvalue weighted by atomic mass is 16.5. The summed E-state index contributed by atoms with van der Waals surface area (Å²) in [6, 6.07) is -0.738. The number of hydrogen-bond donors (Lipinski definition) is 3. The Morgan fingerprint density at radius 3 is 1.36 bits per heavy atom. The summed E-state index contributed by atoms with van der Waals surface area (Å²) in [6.07, 6.45) is 64.4. The summed E-state index contributed by atoms with van der Waals surface area (Å²) in [5, 5.41) is 23.7. The number of esters is 1. The fraction of sp³-hybridized carbons (Fsp3) is 0.636. The summed E-state index contributed by atoms with van der Waals surface area (Å²) in [4.78, 5) is 26.0. The van der Waals surface area contributed by atoms with Crippen molar-refractivity contribution in [2.75, 3.05) is 6.61 Å². The molecule has 3 N–H and O–H groups in total. The number of carbonyl (C=O) groups is 2. The molecule has 0 heterocycles. The van der Waals surface area contributed by atoms with Crippen molar-refractivity contribution in [3.63, 3.8) is 0 Å². The molecule has 61 heavy (non-hydrogen) atoms. The van der Waals surface area contributed by atoms with Gasteiger partial charge in [0.05, 0.1) is 25.2 Å². The molecule has 0 aromatic carbocycles. The van der Waals surface area contributed by atoms with Crippen LogP contribution in [0.5, 0.6) is 0 Å². The molecule has 346 valence electrons. The van der Waals surface area contributed by atoms with Gasteiger partial charge in [-0.1, -0.05) is 239 Å². The van der Waals surface area contributed by atoms with Gasteiger partial charge in [-0.2, -0.15) is 0 Å². The molecule has 6 heteroatoms. The van der Waals surface area contributed by atoms with Gasteiger partial charge >= 0.3 is 5.97 Å². The number of nitrogens with one attached hydrogen (secondary N) is 1. The van der Waals surface area contributed by atoms with E-state index in [9.17, 15) is 19.8 Å². The van der Waals surface area contributed by atoms with Crippen molar-refractivity contribution in [2.45, 2.75) is 219 Å². The van der Waals surface area contributed by atoms with Crippen molar-refractivity contribution in [1.82, 2.24) is 5.32 Å². The van der Waals surface area contributed by atoms with Crippen molar-refractivity contribution in [1.29, 1.82) is 0 Å². The highest BCUT2D eigenvalue weighted by molar-refractivity contribution is 5.77. The minimum absolute atomic E-state index is 0.00733. The van der Waals surface area contributed by atoms with Crippen LogP contribution in [0, 0.1) is 0 Å². The van der Waals surface area contributed by atoms with Gasteiger partial charge in [-0.15, -0.1) is 0 Å². The summed E-state index contributed by atoms with van der Waals surface area (Å²) in [6.45, 7) is 6.15. The van der Waals surface area contributed by atoms with E-state index in [0.717, 1.165) is 70.6 Å². The summed E-state index contributed by atoms with van der Waals surface area (Å²) in [7, 11) is 0. The Bertz CT molecular complexity index is 1270. The molecule has 0 aliphatic heterocycles. The van der Waals surface area contributed by atoms with E-state index < -0.39 is 18.2 Å². The summed E-state index contributed by atoms with van der Waals surface area (Å²) >= 11 is 0. The highest BCUT2D eigenvalue weighted by Crippen LogP contribution is 2.17. The van der Waals surface area contributed by atoms with E-state index in [1.807, 2.05) is 85.1 Å². The molecular weight excluding hydrogens is 755 g/mol. The molecule has 0 saturated carbocycles. The number of allylic oxidation sites excluding steroid dienone is 18. The first kappa shape index (κ1) is 57.5. The number of aliphatic hydroxyl groups excluding tert-OH is 2. The Hall–Kier alpha value is -3.48. The summed E-state index contributed by atoms with van der Waals surface area (Å²) in [5.41, 5.74) is 0. The molecule has 0 aromatic rings. The second kappa shape index (κ2) is 47.6. The minimum atomic E-state index is -0.819. The lowest BCUT2D eigenvalue weighted by Gasteiger charge is -2.24. The summed E-state index contributed by atoms with van der Waals surface area (Å²) in [5.74, 6) is -0.603.